The van der Waals surface area contributed by atoms with Gasteiger partial charge in [0.25, 0.3) is 5.91 Å². The Morgan fingerprint density at radius 3 is 2.09 bits per heavy atom. The van der Waals surface area contributed by atoms with Crippen molar-refractivity contribution in [3.8, 4) is 0 Å². The summed E-state index contributed by atoms with van der Waals surface area (Å²) < 4.78 is 10.8. The molecule has 2 amide bonds. The zero-order chi connectivity index (χ0) is 16.5. The average Bonchev–Trinajstić information content (AvgIpc) is 2.75. The van der Waals surface area contributed by atoms with Crippen molar-refractivity contribution in [1.29, 1.82) is 0 Å². The number of nitrogens with zero attached hydrogens (tertiary/aromatic N) is 2. The third kappa shape index (κ3) is 3.81. The molecule has 1 aromatic rings. The summed E-state index contributed by atoms with van der Waals surface area (Å²) >= 11 is 0. The molecule has 6 nitrogen and oxygen atoms in total. The van der Waals surface area contributed by atoms with E-state index in [2.05, 4.69) is 0 Å². The normalized spacial score (nSPS) is 15.9. The van der Waals surface area contributed by atoms with E-state index >= 15 is 0 Å². The standard InChI is InChI=1S/C16H24N2O4/c1-11-10-13(12(2)21-11)14(19)17-6-8-18(9-7-17)15(20)22-16(3,4)5/h10H,6-9H2,1-5H3. The topological polar surface area (TPSA) is 63.0 Å². The lowest BCUT2D eigenvalue weighted by atomic mass is 10.2. The van der Waals surface area contributed by atoms with Gasteiger partial charge in [-0.2, -0.15) is 0 Å². The van der Waals surface area contributed by atoms with Gasteiger partial charge >= 0.3 is 6.09 Å². The van der Waals surface area contributed by atoms with Crippen molar-refractivity contribution in [3.05, 3.63) is 23.2 Å². The van der Waals surface area contributed by atoms with Crippen LogP contribution in [0.4, 0.5) is 4.79 Å². The molecule has 0 atom stereocenters. The lowest BCUT2D eigenvalue weighted by Crippen LogP contribution is -2.51. The zero-order valence-corrected chi connectivity index (χ0v) is 13.9. The number of piperazine rings is 1. The van der Waals surface area contributed by atoms with Crippen LogP contribution in [0.2, 0.25) is 0 Å². The van der Waals surface area contributed by atoms with Gasteiger partial charge in [-0.1, -0.05) is 0 Å². The van der Waals surface area contributed by atoms with Gasteiger partial charge in [0.2, 0.25) is 0 Å². The SMILES string of the molecule is Cc1cc(C(=O)N2CCN(C(=O)OC(C)(C)C)CC2)c(C)o1. The van der Waals surface area contributed by atoms with Crippen molar-refractivity contribution in [2.24, 2.45) is 0 Å². The van der Waals surface area contributed by atoms with Gasteiger partial charge in [0.1, 0.15) is 17.1 Å². The fraction of sp³-hybridized carbons (Fsp3) is 0.625. The zero-order valence-electron chi connectivity index (χ0n) is 13.9. The maximum atomic E-state index is 12.5. The minimum atomic E-state index is -0.504. The Hall–Kier alpha value is -1.98. The molecule has 0 N–H and O–H groups in total. The van der Waals surface area contributed by atoms with Crippen molar-refractivity contribution in [3.63, 3.8) is 0 Å². The fourth-order valence-corrected chi connectivity index (χ4v) is 2.43. The molecule has 0 bridgehead atoms. The van der Waals surface area contributed by atoms with Crippen LogP contribution in [0.3, 0.4) is 0 Å². The molecule has 0 radical (unpaired) electrons. The first kappa shape index (κ1) is 16.4. The van der Waals surface area contributed by atoms with Crippen LogP contribution in [-0.4, -0.2) is 53.6 Å². The molecule has 1 saturated heterocycles. The van der Waals surface area contributed by atoms with E-state index in [1.54, 1.807) is 22.8 Å². The number of carbonyl (C=O) groups is 2. The number of furan rings is 1. The Morgan fingerprint density at radius 2 is 1.64 bits per heavy atom. The smallest absolute Gasteiger partial charge is 0.410 e. The molecule has 22 heavy (non-hydrogen) atoms. The largest absolute Gasteiger partial charge is 0.466 e. The summed E-state index contributed by atoms with van der Waals surface area (Å²) in [5.41, 5.74) is 0.0957. The molecule has 6 heteroatoms. The molecule has 1 fully saturated rings. The number of hydrogen-bond acceptors (Lipinski definition) is 4. The van der Waals surface area contributed by atoms with Crippen molar-refractivity contribution in [1.82, 2.24) is 9.80 Å². The van der Waals surface area contributed by atoms with Crippen molar-refractivity contribution < 1.29 is 18.7 Å². The van der Waals surface area contributed by atoms with Gasteiger partial charge in [0.15, 0.2) is 0 Å². The van der Waals surface area contributed by atoms with E-state index in [-0.39, 0.29) is 12.0 Å². The van der Waals surface area contributed by atoms with Crippen LogP contribution in [0.1, 0.15) is 42.6 Å². The van der Waals surface area contributed by atoms with Crippen molar-refractivity contribution in [2.75, 3.05) is 26.2 Å². The van der Waals surface area contributed by atoms with Gasteiger partial charge < -0.3 is 19.0 Å². The maximum Gasteiger partial charge on any atom is 0.410 e. The summed E-state index contributed by atoms with van der Waals surface area (Å²) in [6.45, 7) is 11.1. The highest BCUT2D eigenvalue weighted by atomic mass is 16.6. The number of hydrogen-bond donors (Lipinski definition) is 0. The first-order valence-electron chi connectivity index (χ1n) is 7.51. The summed E-state index contributed by atoms with van der Waals surface area (Å²) in [6, 6.07) is 1.76. The molecule has 2 rings (SSSR count). The number of carbonyl (C=O) groups excluding carboxylic acids is 2. The summed E-state index contributed by atoms with van der Waals surface area (Å²) in [6.07, 6.45) is -0.324. The lowest BCUT2D eigenvalue weighted by molar-refractivity contribution is 0.0140. The molecule has 122 valence electrons. The highest BCUT2D eigenvalue weighted by Crippen LogP contribution is 2.18. The molecule has 0 unspecified atom stereocenters. The summed E-state index contributed by atoms with van der Waals surface area (Å²) in [7, 11) is 0. The first-order valence-corrected chi connectivity index (χ1v) is 7.51. The van der Waals surface area contributed by atoms with Gasteiger partial charge in [-0.25, -0.2) is 4.79 Å². The third-order valence-electron chi connectivity index (χ3n) is 3.49. The predicted molar refractivity (Wildman–Crippen MR) is 81.9 cm³/mol. The fourth-order valence-electron chi connectivity index (χ4n) is 2.43. The van der Waals surface area contributed by atoms with Crippen molar-refractivity contribution >= 4 is 12.0 Å². The lowest BCUT2D eigenvalue weighted by Gasteiger charge is -2.35. The van der Waals surface area contributed by atoms with Gasteiger partial charge in [-0.3, -0.25) is 4.79 Å². The molecule has 1 aliphatic rings. The number of ether oxygens (including phenoxy) is 1. The predicted octanol–water partition coefficient (Wildman–Crippen LogP) is 2.59. The van der Waals surface area contributed by atoms with Crippen LogP contribution in [0, 0.1) is 13.8 Å². The van der Waals surface area contributed by atoms with Crippen LogP contribution >= 0.6 is 0 Å². The number of amides is 2. The van der Waals surface area contributed by atoms with Crippen LogP contribution < -0.4 is 0 Å². The summed E-state index contributed by atoms with van der Waals surface area (Å²) in [4.78, 5) is 27.9. The minimum absolute atomic E-state index is 0.0433. The minimum Gasteiger partial charge on any atom is -0.466 e. The summed E-state index contributed by atoms with van der Waals surface area (Å²) in [5, 5.41) is 0. The highest BCUT2D eigenvalue weighted by Gasteiger charge is 2.29. The highest BCUT2D eigenvalue weighted by molar-refractivity contribution is 5.95. The average molecular weight is 308 g/mol. The molecular formula is C16H24N2O4. The number of aryl methyl sites for hydroxylation is 2. The van der Waals surface area contributed by atoms with E-state index in [0.29, 0.717) is 37.5 Å². The van der Waals surface area contributed by atoms with Gasteiger partial charge in [-0.15, -0.1) is 0 Å². The second kappa shape index (κ2) is 6.02. The second-order valence-electron chi connectivity index (χ2n) is 6.59. The monoisotopic (exact) mass is 308 g/mol. The Labute approximate surface area is 131 Å². The van der Waals surface area contributed by atoms with Gasteiger partial charge in [-0.05, 0) is 40.7 Å². The molecular weight excluding hydrogens is 284 g/mol. The molecule has 0 spiro atoms. The van der Waals surface area contributed by atoms with Crippen LogP contribution in [-0.2, 0) is 4.74 Å². The van der Waals surface area contributed by atoms with E-state index in [9.17, 15) is 9.59 Å². The van der Waals surface area contributed by atoms with Gasteiger partial charge in [0.05, 0.1) is 5.56 Å². The Balaban J connectivity index is 1.93. The third-order valence-corrected chi connectivity index (χ3v) is 3.49. The molecule has 0 aromatic carbocycles. The Bertz CT molecular complexity index is 563. The Morgan fingerprint density at radius 1 is 1.09 bits per heavy atom. The van der Waals surface area contributed by atoms with E-state index in [4.69, 9.17) is 9.15 Å². The molecule has 0 aliphatic carbocycles. The maximum absolute atomic E-state index is 12.5. The van der Waals surface area contributed by atoms with Crippen LogP contribution in [0.15, 0.2) is 10.5 Å². The second-order valence-corrected chi connectivity index (χ2v) is 6.59. The molecule has 2 heterocycles. The van der Waals surface area contributed by atoms with E-state index in [0.717, 1.165) is 5.76 Å². The van der Waals surface area contributed by atoms with E-state index in [1.807, 2.05) is 27.7 Å². The quantitative estimate of drug-likeness (QED) is 0.800. The summed E-state index contributed by atoms with van der Waals surface area (Å²) in [5.74, 6) is 1.32. The first-order chi connectivity index (χ1) is 10.2. The number of rotatable bonds is 1. The Kier molecular flexibility index (Phi) is 4.49. The van der Waals surface area contributed by atoms with E-state index < -0.39 is 5.60 Å². The van der Waals surface area contributed by atoms with Crippen LogP contribution in [0.5, 0.6) is 0 Å². The van der Waals surface area contributed by atoms with Crippen LogP contribution in [0.25, 0.3) is 0 Å². The van der Waals surface area contributed by atoms with Gasteiger partial charge in [0, 0.05) is 26.2 Å². The molecule has 1 aromatic heterocycles. The van der Waals surface area contributed by atoms with E-state index in [1.165, 1.54) is 0 Å². The molecule has 0 saturated carbocycles. The molecule has 1 aliphatic heterocycles. The van der Waals surface area contributed by atoms with Crippen molar-refractivity contribution in [2.45, 2.75) is 40.2 Å².